The molecule has 30 heavy (non-hydrogen) atoms. The predicted molar refractivity (Wildman–Crippen MR) is 107 cm³/mol. The summed E-state index contributed by atoms with van der Waals surface area (Å²) in [5, 5.41) is 16.1. The number of halogens is 1. The Bertz CT molecular complexity index is 1150. The van der Waals surface area contributed by atoms with Gasteiger partial charge in [0.05, 0.1) is 23.1 Å². The van der Waals surface area contributed by atoms with Crippen LogP contribution in [0.2, 0.25) is 0 Å². The smallest absolute Gasteiger partial charge is 0.255 e. The molecule has 2 aromatic carbocycles. The number of nitrogens with zero attached hydrogens (tertiary/aromatic N) is 4. The van der Waals surface area contributed by atoms with E-state index in [0.717, 1.165) is 0 Å². The van der Waals surface area contributed by atoms with Gasteiger partial charge in [-0.25, -0.2) is 9.07 Å². The lowest BCUT2D eigenvalue weighted by atomic mass is 10.1. The molecule has 7 nitrogen and oxygen atoms in total. The second kappa shape index (κ2) is 8.17. The van der Waals surface area contributed by atoms with Crippen molar-refractivity contribution in [1.82, 2.24) is 14.7 Å². The van der Waals surface area contributed by atoms with Crippen LogP contribution in [0, 0.1) is 23.1 Å². The summed E-state index contributed by atoms with van der Waals surface area (Å²) in [7, 11) is 0. The number of benzene rings is 2. The third-order valence-electron chi connectivity index (χ3n) is 5.06. The molecule has 0 aliphatic carbocycles. The first-order valence-electron chi connectivity index (χ1n) is 9.46. The van der Waals surface area contributed by atoms with Crippen LogP contribution in [0.25, 0.3) is 5.69 Å². The number of nitrogens with one attached hydrogen (secondary N) is 1. The van der Waals surface area contributed by atoms with Crippen LogP contribution in [-0.4, -0.2) is 39.6 Å². The van der Waals surface area contributed by atoms with Crippen molar-refractivity contribution in [1.29, 1.82) is 5.26 Å². The predicted octanol–water partition coefficient (Wildman–Crippen LogP) is 2.98. The highest BCUT2D eigenvalue weighted by Gasteiger charge is 2.32. The Kier molecular flexibility index (Phi) is 5.26. The van der Waals surface area contributed by atoms with Crippen LogP contribution in [0.1, 0.15) is 22.3 Å². The van der Waals surface area contributed by atoms with Crippen molar-refractivity contribution >= 4 is 17.6 Å². The minimum Gasteiger partial charge on any atom is -0.338 e. The highest BCUT2D eigenvalue weighted by Crippen LogP contribution is 2.22. The van der Waals surface area contributed by atoms with Crippen molar-refractivity contribution in [2.45, 2.75) is 6.42 Å². The molecule has 2 heterocycles. The number of likely N-dealkylation sites (tertiary alicyclic amines) is 1. The maximum absolute atomic E-state index is 13.9. The Balaban J connectivity index is 1.41. The average Bonchev–Trinajstić information content (AvgIpc) is 3.43. The molecule has 2 amide bonds. The second-order valence-electron chi connectivity index (χ2n) is 6.98. The zero-order chi connectivity index (χ0) is 21.1. The van der Waals surface area contributed by atoms with Crippen molar-refractivity contribution in [3.63, 3.8) is 0 Å². The fourth-order valence-corrected chi connectivity index (χ4v) is 3.49. The van der Waals surface area contributed by atoms with Gasteiger partial charge in [-0.15, -0.1) is 5.10 Å². The van der Waals surface area contributed by atoms with Crippen LogP contribution in [0.3, 0.4) is 0 Å². The molecule has 0 radical (unpaired) electrons. The average molecular weight is 403 g/mol. The molecule has 1 fully saturated rings. The Morgan fingerprint density at radius 2 is 1.90 bits per heavy atom. The fraction of sp³-hybridized carbons (Fsp3) is 0.182. The summed E-state index contributed by atoms with van der Waals surface area (Å²) in [6.45, 7) is 0.693. The van der Waals surface area contributed by atoms with E-state index in [-0.39, 0.29) is 30.0 Å². The van der Waals surface area contributed by atoms with Crippen LogP contribution in [0.4, 0.5) is 10.2 Å². The van der Waals surface area contributed by atoms with E-state index in [2.05, 4.69) is 10.4 Å². The molecule has 1 aromatic heterocycles. The quantitative estimate of drug-likeness (QED) is 0.725. The molecule has 150 valence electrons. The minimum absolute atomic E-state index is 0.252. The largest absolute Gasteiger partial charge is 0.338 e. The van der Waals surface area contributed by atoms with Crippen LogP contribution < -0.4 is 5.32 Å². The summed E-state index contributed by atoms with van der Waals surface area (Å²) in [6, 6.07) is 16.5. The molecule has 3 aromatic rings. The maximum atomic E-state index is 13.9. The molecule has 0 saturated carbocycles. The number of carbonyl (C=O) groups is 2. The van der Waals surface area contributed by atoms with Crippen molar-refractivity contribution in [2.75, 3.05) is 18.4 Å². The monoisotopic (exact) mass is 403 g/mol. The van der Waals surface area contributed by atoms with E-state index in [9.17, 15) is 19.2 Å². The number of hydrogen-bond acceptors (Lipinski definition) is 4. The lowest BCUT2D eigenvalue weighted by molar-refractivity contribution is -0.119. The van der Waals surface area contributed by atoms with Crippen molar-refractivity contribution in [3.05, 3.63) is 77.7 Å². The van der Waals surface area contributed by atoms with E-state index >= 15 is 0 Å². The van der Waals surface area contributed by atoms with E-state index in [1.165, 1.54) is 10.7 Å². The van der Waals surface area contributed by atoms with Gasteiger partial charge in [0.1, 0.15) is 11.5 Å². The highest BCUT2D eigenvalue weighted by atomic mass is 19.1. The Morgan fingerprint density at radius 3 is 2.70 bits per heavy atom. The van der Waals surface area contributed by atoms with Gasteiger partial charge in [-0.1, -0.05) is 24.3 Å². The SMILES string of the molecule is N#Cc1ccccc1C(=O)N1CC[C@@H](C(=O)Nc2ccn(-c3ccccc3F)n2)C1. The van der Waals surface area contributed by atoms with Gasteiger partial charge in [0.2, 0.25) is 5.91 Å². The topological polar surface area (TPSA) is 91.0 Å². The molecule has 0 unspecified atom stereocenters. The lowest BCUT2D eigenvalue weighted by Gasteiger charge is -2.17. The first kappa shape index (κ1) is 19.3. The van der Waals surface area contributed by atoms with Gasteiger partial charge in [0.15, 0.2) is 5.82 Å². The number of rotatable bonds is 4. The van der Waals surface area contributed by atoms with Gasteiger partial charge >= 0.3 is 0 Å². The third kappa shape index (κ3) is 3.78. The van der Waals surface area contributed by atoms with Crippen molar-refractivity contribution < 1.29 is 14.0 Å². The molecule has 8 heteroatoms. The normalized spacial score (nSPS) is 15.6. The molecule has 0 spiro atoms. The van der Waals surface area contributed by atoms with E-state index in [1.54, 1.807) is 59.6 Å². The zero-order valence-corrected chi connectivity index (χ0v) is 16.0. The molecule has 1 N–H and O–H groups in total. The second-order valence-corrected chi connectivity index (χ2v) is 6.98. The summed E-state index contributed by atoms with van der Waals surface area (Å²) >= 11 is 0. The van der Waals surface area contributed by atoms with Crippen LogP contribution in [-0.2, 0) is 4.79 Å². The van der Waals surface area contributed by atoms with Gasteiger partial charge in [-0.2, -0.15) is 5.26 Å². The minimum atomic E-state index is -0.416. The number of anilines is 1. The third-order valence-corrected chi connectivity index (χ3v) is 5.06. The Morgan fingerprint density at radius 1 is 1.13 bits per heavy atom. The van der Waals surface area contributed by atoms with Gasteiger partial charge in [0.25, 0.3) is 5.91 Å². The molecule has 4 rings (SSSR count). The van der Waals surface area contributed by atoms with Crippen LogP contribution in [0.5, 0.6) is 0 Å². The summed E-state index contributed by atoms with van der Waals surface area (Å²) in [5.74, 6) is -1.00. The summed E-state index contributed by atoms with van der Waals surface area (Å²) in [4.78, 5) is 26.9. The molecule has 1 atom stereocenters. The Labute approximate surface area is 172 Å². The van der Waals surface area contributed by atoms with E-state index in [0.29, 0.717) is 29.9 Å². The van der Waals surface area contributed by atoms with E-state index < -0.39 is 5.82 Å². The summed E-state index contributed by atoms with van der Waals surface area (Å²) < 4.78 is 15.3. The van der Waals surface area contributed by atoms with E-state index in [4.69, 9.17) is 0 Å². The van der Waals surface area contributed by atoms with Gasteiger partial charge in [-0.05, 0) is 30.7 Å². The fourth-order valence-electron chi connectivity index (χ4n) is 3.49. The van der Waals surface area contributed by atoms with E-state index in [1.807, 2.05) is 6.07 Å². The highest BCUT2D eigenvalue weighted by molar-refractivity contribution is 5.98. The number of hydrogen-bond donors (Lipinski definition) is 1. The van der Waals surface area contributed by atoms with Crippen LogP contribution in [0.15, 0.2) is 60.8 Å². The number of aromatic nitrogens is 2. The maximum Gasteiger partial charge on any atom is 0.255 e. The lowest BCUT2D eigenvalue weighted by Crippen LogP contribution is -2.32. The van der Waals surface area contributed by atoms with Crippen LogP contribution >= 0.6 is 0 Å². The molecule has 1 aliphatic rings. The zero-order valence-electron chi connectivity index (χ0n) is 16.0. The summed E-state index contributed by atoms with van der Waals surface area (Å²) in [5.41, 5.74) is 0.936. The van der Waals surface area contributed by atoms with Gasteiger partial charge in [0, 0.05) is 25.4 Å². The number of para-hydroxylation sites is 1. The molecular weight excluding hydrogens is 385 g/mol. The molecule has 1 saturated heterocycles. The first-order valence-corrected chi connectivity index (χ1v) is 9.46. The van der Waals surface area contributed by atoms with Crippen molar-refractivity contribution in [3.8, 4) is 11.8 Å². The van der Waals surface area contributed by atoms with Gasteiger partial charge < -0.3 is 10.2 Å². The standard InChI is InChI=1S/C22H18FN5O2/c23-18-7-3-4-8-19(18)28-12-10-20(26-28)25-21(29)16-9-11-27(14-16)22(30)17-6-2-1-5-15(17)13-24/h1-8,10,12,16H,9,11,14H2,(H,25,26,29)/t16-/m1/s1. The molecule has 0 bridgehead atoms. The van der Waals surface area contributed by atoms with Crippen molar-refractivity contribution in [2.24, 2.45) is 5.92 Å². The number of amides is 2. The number of nitriles is 1. The molecule has 1 aliphatic heterocycles. The first-order chi connectivity index (χ1) is 14.6. The van der Waals surface area contributed by atoms with Gasteiger partial charge in [-0.3, -0.25) is 9.59 Å². The molecular formula is C22H18FN5O2. The Hall–Kier alpha value is -3.99. The summed E-state index contributed by atoms with van der Waals surface area (Å²) in [6.07, 6.45) is 2.08. The number of carbonyl (C=O) groups excluding carboxylic acids is 2.